The number of hydrogen-bond donors (Lipinski definition) is 1. The molecular formula is C16H18N4OS. The van der Waals surface area contributed by atoms with Gasteiger partial charge in [-0.15, -0.1) is 11.3 Å². The molecule has 0 unspecified atom stereocenters. The maximum atomic E-state index is 11.8. The summed E-state index contributed by atoms with van der Waals surface area (Å²) in [6, 6.07) is 9.96. The van der Waals surface area contributed by atoms with E-state index in [0.717, 1.165) is 29.8 Å². The van der Waals surface area contributed by atoms with Crippen molar-refractivity contribution < 1.29 is 4.79 Å². The zero-order chi connectivity index (χ0) is 15.4. The lowest BCUT2D eigenvalue weighted by Gasteiger charge is -2.01. The van der Waals surface area contributed by atoms with Gasteiger partial charge in [-0.25, -0.2) is 4.98 Å². The monoisotopic (exact) mass is 314 g/mol. The zero-order valence-corrected chi connectivity index (χ0v) is 13.3. The van der Waals surface area contributed by atoms with Gasteiger partial charge in [-0.2, -0.15) is 5.10 Å². The summed E-state index contributed by atoms with van der Waals surface area (Å²) in [5, 5.41) is 8.07. The van der Waals surface area contributed by atoms with Crippen LogP contribution in [-0.2, 0) is 18.3 Å². The van der Waals surface area contributed by atoms with E-state index in [1.54, 1.807) is 22.1 Å². The van der Waals surface area contributed by atoms with Gasteiger partial charge in [-0.05, 0) is 31.4 Å². The molecule has 0 saturated heterocycles. The summed E-state index contributed by atoms with van der Waals surface area (Å²) in [6.45, 7) is 0. The fourth-order valence-corrected chi connectivity index (χ4v) is 3.28. The Morgan fingerprint density at radius 3 is 2.91 bits per heavy atom. The molecule has 0 aliphatic carbocycles. The van der Waals surface area contributed by atoms with E-state index in [1.165, 1.54) is 4.70 Å². The van der Waals surface area contributed by atoms with Crippen molar-refractivity contribution in [2.75, 3.05) is 5.32 Å². The van der Waals surface area contributed by atoms with Crippen LogP contribution in [0.3, 0.4) is 0 Å². The van der Waals surface area contributed by atoms with Crippen molar-refractivity contribution in [2.24, 2.45) is 7.05 Å². The van der Waals surface area contributed by atoms with E-state index in [1.807, 2.05) is 31.4 Å². The van der Waals surface area contributed by atoms with Gasteiger partial charge in [0, 0.05) is 25.7 Å². The number of amides is 1. The number of para-hydroxylation sites is 1. The van der Waals surface area contributed by atoms with Crippen LogP contribution in [0.5, 0.6) is 0 Å². The first-order valence-electron chi connectivity index (χ1n) is 7.35. The lowest BCUT2D eigenvalue weighted by Crippen LogP contribution is -2.11. The zero-order valence-electron chi connectivity index (χ0n) is 12.5. The maximum Gasteiger partial charge on any atom is 0.225 e. The predicted octanol–water partition coefficient (Wildman–Crippen LogP) is 3.38. The molecule has 0 saturated carbocycles. The first-order chi connectivity index (χ1) is 10.7. The number of unbranched alkanes of at least 4 members (excludes halogenated alkanes) is 1. The van der Waals surface area contributed by atoms with Crippen molar-refractivity contribution in [2.45, 2.75) is 25.7 Å². The molecule has 0 aliphatic rings. The smallest absolute Gasteiger partial charge is 0.225 e. The minimum Gasteiger partial charge on any atom is -0.309 e. The molecule has 0 atom stereocenters. The minimum atomic E-state index is 0.0167. The number of hydrogen-bond acceptors (Lipinski definition) is 4. The normalized spacial score (nSPS) is 11.0. The van der Waals surface area contributed by atoms with E-state index in [4.69, 9.17) is 0 Å². The predicted molar refractivity (Wildman–Crippen MR) is 89.0 cm³/mol. The van der Waals surface area contributed by atoms with Crippen molar-refractivity contribution in [3.8, 4) is 0 Å². The highest BCUT2D eigenvalue weighted by Crippen LogP contribution is 2.22. The lowest BCUT2D eigenvalue weighted by molar-refractivity contribution is -0.116. The molecule has 0 fully saturated rings. The van der Waals surface area contributed by atoms with E-state index < -0.39 is 0 Å². The molecule has 0 bridgehead atoms. The summed E-state index contributed by atoms with van der Waals surface area (Å²) in [5.74, 6) is 0.627. The number of anilines is 1. The Balaban J connectivity index is 1.42. The van der Waals surface area contributed by atoms with Gasteiger partial charge < -0.3 is 5.32 Å². The largest absolute Gasteiger partial charge is 0.309 e. The summed E-state index contributed by atoms with van der Waals surface area (Å²) in [5.41, 5.74) is 1.07. The molecule has 3 aromatic rings. The van der Waals surface area contributed by atoms with E-state index in [0.29, 0.717) is 12.2 Å². The Morgan fingerprint density at radius 1 is 1.27 bits per heavy atom. The SMILES string of the molecule is Cn1ccc(NC(=O)CCCCc2nc3ccccc3s2)n1. The van der Waals surface area contributed by atoms with Gasteiger partial charge in [-0.1, -0.05) is 12.1 Å². The highest BCUT2D eigenvalue weighted by Gasteiger charge is 2.06. The van der Waals surface area contributed by atoms with Gasteiger partial charge in [0.2, 0.25) is 5.91 Å². The van der Waals surface area contributed by atoms with Gasteiger partial charge in [0.1, 0.15) is 0 Å². The van der Waals surface area contributed by atoms with Crippen LogP contribution >= 0.6 is 11.3 Å². The number of carbonyl (C=O) groups excluding carboxylic acids is 1. The first-order valence-corrected chi connectivity index (χ1v) is 8.16. The third kappa shape index (κ3) is 3.71. The summed E-state index contributed by atoms with van der Waals surface area (Å²) in [7, 11) is 1.83. The Hall–Kier alpha value is -2.21. The molecule has 0 aliphatic heterocycles. The van der Waals surface area contributed by atoms with Crippen molar-refractivity contribution in [3.63, 3.8) is 0 Å². The van der Waals surface area contributed by atoms with E-state index in [2.05, 4.69) is 21.5 Å². The van der Waals surface area contributed by atoms with Crippen LogP contribution in [0.1, 0.15) is 24.3 Å². The number of nitrogens with zero attached hydrogens (tertiary/aromatic N) is 3. The molecule has 1 amide bonds. The molecule has 3 rings (SSSR count). The summed E-state index contributed by atoms with van der Waals surface area (Å²) in [4.78, 5) is 16.4. The second-order valence-corrected chi connectivity index (χ2v) is 6.32. The average molecular weight is 314 g/mol. The molecule has 6 heteroatoms. The topological polar surface area (TPSA) is 59.8 Å². The van der Waals surface area contributed by atoms with Crippen LogP contribution < -0.4 is 5.32 Å². The third-order valence-electron chi connectivity index (χ3n) is 3.36. The summed E-state index contributed by atoms with van der Waals surface area (Å²) in [6.07, 6.45) is 5.07. The van der Waals surface area contributed by atoms with Crippen LogP contribution in [0.15, 0.2) is 36.5 Å². The van der Waals surface area contributed by atoms with Crippen molar-refractivity contribution in [3.05, 3.63) is 41.5 Å². The highest BCUT2D eigenvalue weighted by atomic mass is 32.1. The lowest BCUT2D eigenvalue weighted by atomic mass is 10.2. The van der Waals surface area contributed by atoms with Gasteiger partial charge in [0.15, 0.2) is 5.82 Å². The van der Waals surface area contributed by atoms with Crippen molar-refractivity contribution >= 4 is 33.3 Å². The van der Waals surface area contributed by atoms with E-state index in [-0.39, 0.29) is 5.91 Å². The maximum absolute atomic E-state index is 11.8. The number of rotatable bonds is 6. The Kier molecular flexibility index (Phi) is 4.48. The molecule has 2 heterocycles. The number of aromatic nitrogens is 3. The minimum absolute atomic E-state index is 0.0167. The standard InChI is InChI=1S/C16H18N4OS/c1-20-11-10-14(19-20)18-15(21)8-4-5-9-16-17-12-6-2-3-7-13(12)22-16/h2-3,6-7,10-11H,4-5,8-9H2,1H3,(H,18,19,21). The van der Waals surface area contributed by atoms with Crippen LogP contribution in [0.4, 0.5) is 5.82 Å². The van der Waals surface area contributed by atoms with Gasteiger partial charge in [0.25, 0.3) is 0 Å². The second kappa shape index (κ2) is 6.70. The number of fused-ring (bicyclic) bond motifs is 1. The second-order valence-electron chi connectivity index (χ2n) is 5.21. The van der Waals surface area contributed by atoms with Crippen LogP contribution in [0, 0.1) is 0 Å². The molecule has 0 radical (unpaired) electrons. The number of benzene rings is 1. The van der Waals surface area contributed by atoms with Crippen LogP contribution in [-0.4, -0.2) is 20.7 Å². The average Bonchev–Trinajstić information content (AvgIpc) is 3.09. The molecule has 1 aromatic carbocycles. The molecule has 0 spiro atoms. The van der Waals surface area contributed by atoms with Crippen LogP contribution in [0.25, 0.3) is 10.2 Å². The number of carbonyl (C=O) groups is 1. The third-order valence-corrected chi connectivity index (χ3v) is 4.46. The number of aryl methyl sites for hydroxylation is 2. The Morgan fingerprint density at radius 2 is 2.14 bits per heavy atom. The summed E-state index contributed by atoms with van der Waals surface area (Å²) >= 11 is 1.74. The highest BCUT2D eigenvalue weighted by molar-refractivity contribution is 7.18. The van der Waals surface area contributed by atoms with Crippen molar-refractivity contribution in [1.29, 1.82) is 0 Å². The number of thiazole rings is 1. The molecule has 22 heavy (non-hydrogen) atoms. The first kappa shape index (κ1) is 14.7. The Bertz CT molecular complexity index is 744. The molecule has 1 N–H and O–H groups in total. The number of nitrogens with one attached hydrogen (secondary N) is 1. The molecule has 114 valence electrons. The van der Waals surface area contributed by atoms with E-state index >= 15 is 0 Å². The Labute approximate surface area is 133 Å². The fraction of sp³-hybridized carbons (Fsp3) is 0.312. The molecule has 2 aromatic heterocycles. The van der Waals surface area contributed by atoms with E-state index in [9.17, 15) is 4.79 Å². The van der Waals surface area contributed by atoms with Crippen molar-refractivity contribution in [1.82, 2.24) is 14.8 Å². The molecule has 5 nitrogen and oxygen atoms in total. The van der Waals surface area contributed by atoms with Gasteiger partial charge in [0.05, 0.1) is 15.2 Å². The van der Waals surface area contributed by atoms with Gasteiger partial charge in [-0.3, -0.25) is 9.48 Å². The van der Waals surface area contributed by atoms with Crippen LogP contribution in [0.2, 0.25) is 0 Å². The molecular weight excluding hydrogens is 296 g/mol. The summed E-state index contributed by atoms with van der Waals surface area (Å²) < 4.78 is 2.90. The quantitative estimate of drug-likeness (QED) is 0.710. The fourth-order valence-electron chi connectivity index (χ4n) is 2.28. The van der Waals surface area contributed by atoms with Gasteiger partial charge >= 0.3 is 0 Å².